The smallest absolute Gasteiger partial charge is 0.184 e. The average Bonchev–Trinajstić information content (AvgIpc) is 2.62. The van der Waals surface area contributed by atoms with Crippen molar-refractivity contribution in [2.45, 2.75) is 32.2 Å². The summed E-state index contributed by atoms with van der Waals surface area (Å²) in [6, 6.07) is 12.6. The molecule has 1 fully saturated rings. The highest BCUT2D eigenvalue weighted by Gasteiger charge is 2.22. The van der Waals surface area contributed by atoms with Gasteiger partial charge < -0.3 is 9.47 Å². The number of rotatable bonds is 4. The molecule has 3 heteroatoms. The lowest BCUT2D eigenvalue weighted by Crippen LogP contribution is -2.26. The minimum atomic E-state index is -0.221. The minimum Gasteiger partial charge on any atom is -0.348 e. The lowest BCUT2D eigenvalue weighted by Gasteiger charge is -2.29. The number of hydrogen-bond donors (Lipinski definition) is 0. The number of pyridine rings is 1. The van der Waals surface area contributed by atoms with Crippen molar-refractivity contribution >= 4 is 12.2 Å². The standard InChI is InChI=1S/C20H24NO2/c1-3-19-12-15-22-20(23-19)18-8-6-16(7-9-18)4-5-17-10-13-21(2)14-11-17/h4-11,13-14,19-20H,3,12,15H2,1-2H3/q+1/b5-4+. The lowest BCUT2D eigenvalue weighted by molar-refractivity contribution is -0.671. The molecule has 0 saturated carbocycles. The molecule has 1 saturated heterocycles. The summed E-state index contributed by atoms with van der Waals surface area (Å²) in [4.78, 5) is 0. The van der Waals surface area contributed by atoms with Crippen molar-refractivity contribution in [1.29, 1.82) is 0 Å². The summed E-state index contributed by atoms with van der Waals surface area (Å²) in [6.07, 6.45) is 10.5. The predicted molar refractivity (Wildman–Crippen MR) is 91.5 cm³/mol. The molecule has 0 bridgehead atoms. The molecule has 1 aliphatic rings. The molecule has 0 amide bonds. The van der Waals surface area contributed by atoms with Crippen LogP contribution in [0.2, 0.25) is 0 Å². The fourth-order valence-electron chi connectivity index (χ4n) is 2.64. The number of nitrogens with zero attached hydrogens (tertiary/aromatic N) is 1. The van der Waals surface area contributed by atoms with E-state index in [-0.39, 0.29) is 6.29 Å². The van der Waals surface area contributed by atoms with Crippen molar-refractivity contribution in [1.82, 2.24) is 0 Å². The van der Waals surface area contributed by atoms with E-state index in [2.05, 4.69) is 55.5 Å². The number of aryl methyl sites for hydroxylation is 1. The maximum atomic E-state index is 5.96. The molecule has 1 aromatic carbocycles. The van der Waals surface area contributed by atoms with Gasteiger partial charge in [0.25, 0.3) is 0 Å². The molecular formula is C20H24NO2+. The lowest BCUT2D eigenvalue weighted by atomic mass is 10.1. The van der Waals surface area contributed by atoms with Crippen molar-refractivity contribution in [3.8, 4) is 0 Å². The van der Waals surface area contributed by atoms with Gasteiger partial charge in [0.15, 0.2) is 18.7 Å². The third-order valence-electron chi connectivity index (χ3n) is 4.16. The van der Waals surface area contributed by atoms with Gasteiger partial charge in [0.1, 0.15) is 7.05 Å². The van der Waals surface area contributed by atoms with E-state index in [0.717, 1.165) is 25.0 Å². The fraction of sp³-hybridized carbons (Fsp3) is 0.350. The second-order valence-electron chi connectivity index (χ2n) is 5.95. The van der Waals surface area contributed by atoms with Gasteiger partial charge in [-0.1, -0.05) is 43.3 Å². The topological polar surface area (TPSA) is 22.3 Å². The van der Waals surface area contributed by atoms with Crippen LogP contribution in [0, 0.1) is 0 Å². The first-order chi connectivity index (χ1) is 11.2. The molecular weight excluding hydrogens is 286 g/mol. The largest absolute Gasteiger partial charge is 0.348 e. The van der Waals surface area contributed by atoms with Crippen LogP contribution in [0.1, 0.15) is 42.7 Å². The van der Waals surface area contributed by atoms with Crippen LogP contribution in [-0.2, 0) is 16.5 Å². The van der Waals surface area contributed by atoms with Crippen molar-refractivity contribution in [3.63, 3.8) is 0 Å². The van der Waals surface area contributed by atoms with Crippen LogP contribution in [0.5, 0.6) is 0 Å². The zero-order valence-electron chi connectivity index (χ0n) is 13.8. The Bertz CT molecular complexity index is 646. The predicted octanol–water partition coefficient (Wildman–Crippen LogP) is 3.90. The van der Waals surface area contributed by atoms with Crippen LogP contribution in [0.3, 0.4) is 0 Å². The summed E-state index contributed by atoms with van der Waals surface area (Å²) in [5, 5.41) is 0. The summed E-state index contributed by atoms with van der Waals surface area (Å²) >= 11 is 0. The highest BCUT2D eigenvalue weighted by atomic mass is 16.7. The Balaban J connectivity index is 1.66. The Labute approximate surface area is 138 Å². The molecule has 1 aliphatic heterocycles. The van der Waals surface area contributed by atoms with Gasteiger partial charge in [-0.25, -0.2) is 4.57 Å². The molecule has 120 valence electrons. The molecule has 2 unspecified atom stereocenters. The fourth-order valence-corrected chi connectivity index (χ4v) is 2.64. The molecule has 1 aromatic heterocycles. The maximum Gasteiger partial charge on any atom is 0.184 e. The first kappa shape index (κ1) is 15.9. The SMILES string of the molecule is CCC1CCOC(c2ccc(/C=C/c3cc[n+](C)cc3)cc2)O1. The monoisotopic (exact) mass is 310 g/mol. The quantitative estimate of drug-likeness (QED) is 0.799. The van der Waals surface area contributed by atoms with E-state index in [4.69, 9.17) is 9.47 Å². The molecule has 2 atom stereocenters. The van der Waals surface area contributed by atoms with Gasteiger partial charge in [-0.3, -0.25) is 0 Å². The molecule has 2 heterocycles. The second kappa shape index (κ2) is 7.53. The van der Waals surface area contributed by atoms with Crippen molar-refractivity contribution in [3.05, 3.63) is 65.5 Å². The number of hydrogen-bond acceptors (Lipinski definition) is 2. The van der Waals surface area contributed by atoms with Gasteiger partial charge in [0.05, 0.1) is 12.7 Å². The zero-order chi connectivity index (χ0) is 16.1. The van der Waals surface area contributed by atoms with E-state index < -0.39 is 0 Å². The molecule has 0 aliphatic carbocycles. The van der Waals surface area contributed by atoms with E-state index in [9.17, 15) is 0 Å². The van der Waals surface area contributed by atoms with Gasteiger partial charge in [-0.15, -0.1) is 0 Å². The first-order valence-corrected chi connectivity index (χ1v) is 8.25. The first-order valence-electron chi connectivity index (χ1n) is 8.25. The van der Waals surface area contributed by atoms with Crippen molar-refractivity contribution < 1.29 is 14.0 Å². The summed E-state index contributed by atoms with van der Waals surface area (Å²) in [7, 11) is 2.02. The van der Waals surface area contributed by atoms with Crippen LogP contribution in [0.4, 0.5) is 0 Å². The molecule has 3 rings (SSSR count). The summed E-state index contributed by atoms with van der Waals surface area (Å²) < 4.78 is 13.7. The number of benzene rings is 1. The molecule has 23 heavy (non-hydrogen) atoms. The van der Waals surface area contributed by atoms with Gasteiger partial charge in [0.2, 0.25) is 0 Å². The minimum absolute atomic E-state index is 0.221. The Morgan fingerprint density at radius 1 is 1.04 bits per heavy atom. The number of ether oxygens (including phenoxy) is 2. The van der Waals surface area contributed by atoms with E-state index >= 15 is 0 Å². The average molecular weight is 310 g/mol. The zero-order valence-corrected chi connectivity index (χ0v) is 13.8. The van der Waals surface area contributed by atoms with Crippen molar-refractivity contribution in [2.75, 3.05) is 6.61 Å². The van der Waals surface area contributed by atoms with Crippen LogP contribution < -0.4 is 4.57 Å². The van der Waals surface area contributed by atoms with Gasteiger partial charge in [-0.2, -0.15) is 0 Å². The molecule has 2 aromatic rings. The van der Waals surface area contributed by atoms with Gasteiger partial charge in [0, 0.05) is 17.7 Å². The number of aromatic nitrogens is 1. The second-order valence-corrected chi connectivity index (χ2v) is 5.95. The van der Waals surface area contributed by atoms with Gasteiger partial charge >= 0.3 is 0 Å². The third-order valence-corrected chi connectivity index (χ3v) is 4.16. The van der Waals surface area contributed by atoms with Crippen molar-refractivity contribution in [2.24, 2.45) is 7.05 Å². The highest BCUT2D eigenvalue weighted by molar-refractivity contribution is 5.69. The Hall–Kier alpha value is -1.97. The summed E-state index contributed by atoms with van der Waals surface area (Å²) in [5.74, 6) is 0. The van der Waals surface area contributed by atoms with E-state index in [1.807, 2.05) is 24.0 Å². The third kappa shape index (κ3) is 4.27. The van der Waals surface area contributed by atoms with E-state index in [1.54, 1.807) is 0 Å². The molecule has 0 radical (unpaired) electrons. The Kier molecular flexibility index (Phi) is 5.21. The van der Waals surface area contributed by atoms with Crippen LogP contribution >= 0.6 is 0 Å². The van der Waals surface area contributed by atoms with E-state index in [1.165, 1.54) is 11.1 Å². The van der Waals surface area contributed by atoms with Crippen LogP contribution in [0.15, 0.2) is 48.8 Å². The van der Waals surface area contributed by atoms with Crippen LogP contribution in [0.25, 0.3) is 12.2 Å². The molecule has 0 spiro atoms. The Morgan fingerprint density at radius 3 is 2.35 bits per heavy atom. The van der Waals surface area contributed by atoms with Gasteiger partial charge in [-0.05, 0) is 24.0 Å². The summed E-state index contributed by atoms with van der Waals surface area (Å²) in [5.41, 5.74) is 3.45. The van der Waals surface area contributed by atoms with E-state index in [0.29, 0.717) is 6.10 Å². The molecule has 3 nitrogen and oxygen atoms in total. The summed E-state index contributed by atoms with van der Waals surface area (Å²) in [6.45, 7) is 2.93. The normalized spacial score (nSPS) is 21.7. The Morgan fingerprint density at radius 2 is 1.70 bits per heavy atom. The van der Waals surface area contributed by atoms with Crippen LogP contribution in [-0.4, -0.2) is 12.7 Å². The molecule has 0 N–H and O–H groups in total. The maximum absolute atomic E-state index is 5.96. The highest BCUT2D eigenvalue weighted by Crippen LogP contribution is 2.27.